The summed E-state index contributed by atoms with van der Waals surface area (Å²) >= 11 is 0. The number of carbonyl (C=O) groups is 4. The van der Waals surface area contributed by atoms with E-state index in [1.54, 1.807) is 6.20 Å². The first-order valence-electron chi connectivity index (χ1n) is 10.4. The topological polar surface area (TPSA) is 149 Å². The first-order chi connectivity index (χ1) is 15.5. The predicted molar refractivity (Wildman–Crippen MR) is 115 cm³/mol. The van der Waals surface area contributed by atoms with Crippen LogP contribution < -0.4 is 16.0 Å². The molecule has 0 bridgehead atoms. The van der Waals surface area contributed by atoms with Gasteiger partial charge in [-0.2, -0.15) is 0 Å². The summed E-state index contributed by atoms with van der Waals surface area (Å²) in [7, 11) is 0. The first kappa shape index (κ1) is 21.3. The van der Waals surface area contributed by atoms with E-state index in [1.165, 1.54) is 6.33 Å². The van der Waals surface area contributed by atoms with Crippen molar-refractivity contribution in [2.24, 2.45) is 0 Å². The number of para-hydroxylation sites is 1. The number of imidazole rings is 1. The normalized spacial score (nSPS) is 17.5. The molecule has 4 rings (SSSR count). The molecule has 1 aromatic carbocycles. The van der Waals surface area contributed by atoms with E-state index in [1.807, 2.05) is 30.5 Å². The van der Waals surface area contributed by atoms with Gasteiger partial charge in [0.05, 0.1) is 12.4 Å². The van der Waals surface area contributed by atoms with Crippen molar-refractivity contribution < 1.29 is 19.2 Å². The third kappa shape index (κ3) is 4.85. The lowest BCUT2D eigenvalue weighted by Crippen LogP contribution is -2.54. The number of H-pyrrole nitrogens is 2. The van der Waals surface area contributed by atoms with E-state index in [9.17, 15) is 19.2 Å². The van der Waals surface area contributed by atoms with Gasteiger partial charge < -0.3 is 30.7 Å². The average Bonchev–Trinajstić information content (AvgIpc) is 3.54. The second-order valence-electron chi connectivity index (χ2n) is 7.82. The van der Waals surface area contributed by atoms with Crippen molar-refractivity contribution in [3.05, 3.63) is 54.2 Å². The van der Waals surface area contributed by atoms with Crippen LogP contribution in [-0.4, -0.2) is 57.1 Å². The monoisotopic (exact) mass is 436 g/mol. The van der Waals surface area contributed by atoms with E-state index in [0.717, 1.165) is 16.5 Å². The molecule has 3 amide bonds. The van der Waals surface area contributed by atoms with Crippen LogP contribution in [0.4, 0.5) is 0 Å². The van der Waals surface area contributed by atoms with Crippen LogP contribution in [0.5, 0.6) is 0 Å². The highest BCUT2D eigenvalue weighted by molar-refractivity contribution is 5.94. The average molecular weight is 436 g/mol. The Kier molecular flexibility index (Phi) is 6.29. The Morgan fingerprint density at radius 3 is 2.75 bits per heavy atom. The van der Waals surface area contributed by atoms with Gasteiger partial charge in [0.15, 0.2) is 0 Å². The molecule has 2 aromatic heterocycles. The summed E-state index contributed by atoms with van der Waals surface area (Å²) < 4.78 is 0. The Balaban J connectivity index is 1.45. The minimum absolute atomic E-state index is 0.164. The Bertz CT molecular complexity index is 1120. The standard InChI is InChI=1S/C22H24N6O4/c29-11-15(7-13-9-24-17-4-2-1-3-16(13)17)26-22(32)19(8-14-10-23-12-25-14)28-21(31)18-5-6-20(30)27-18/h1-4,9-12,15,18-19,24H,5-8H2,(H,23,25)(H,26,32)(H,27,30)(H,28,31)/t15-,18-,19-/m0/s1. The Labute approximate surface area is 183 Å². The summed E-state index contributed by atoms with van der Waals surface area (Å²) in [6.45, 7) is 0. The van der Waals surface area contributed by atoms with Crippen molar-refractivity contribution in [1.82, 2.24) is 30.9 Å². The van der Waals surface area contributed by atoms with Crippen molar-refractivity contribution in [1.29, 1.82) is 0 Å². The summed E-state index contributed by atoms with van der Waals surface area (Å²) in [6.07, 6.45) is 6.67. The zero-order chi connectivity index (χ0) is 22.5. The van der Waals surface area contributed by atoms with Gasteiger partial charge in [0.25, 0.3) is 0 Å². The molecule has 1 aliphatic rings. The summed E-state index contributed by atoms with van der Waals surface area (Å²) in [4.78, 5) is 58.8. The zero-order valence-electron chi connectivity index (χ0n) is 17.3. The van der Waals surface area contributed by atoms with Crippen LogP contribution in [0, 0.1) is 0 Å². The van der Waals surface area contributed by atoms with Crippen LogP contribution in [0.15, 0.2) is 43.0 Å². The highest BCUT2D eigenvalue weighted by Gasteiger charge is 2.31. The highest BCUT2D eigenvalue weighted by atomic mass is 16.2. The van der Waals surface area contributed by atoms with Gasteiger partial charge in [-0.3, -0.25) is 14.4 Å². The molecule has 3 heterocycles. The molecule has 3 aromatic rings. The minimum Gasteiger partial charge on any atom is -0.361 e. The number of rotatable bonds is 9. The van der Waals surface area contributed by atoms with Gasteiger partial charge in [-0.15, -0.1) is 0 Å². The second kappa shape index (κ2) is 9.46. The number of hydrogen-bond donors (Lipinski definition) is 5. The van der Waals surface area contributed by atoms with E-state index >= 15 is 0 Å². The number of nitrogens with zero attached hydrogens (tertiary/aromatic N) is 1. The number of amides is 3. The van der Waals surface area contributed by atoms with Crippen molar-refractivity contribution in [3.8, 4) is 0 Å². The molecule has 1 saturated heterocycles. The van der Waals surface area contributed by atoms with Gasteiger partial charge in [-0.1, -0.05) is 18.2 Å². The van der Waals surface area contributed by atoms with Crippen LogP contribution >= 0.6 is 0 Å². The maximum atomic E-state index is 13.0. The lowest BCUT2D eigenvalue weighted by molar-refractivity contribution is -0.131. The smallest absolute Gasteiger partial charge is 0.243 e. The van der Waals surface area contributed by atoms with Crippen LogP contribution in [0.25, 0.3) is 10.9 Å². The molecule has 0 saturated carbocycles. The lowest BCUT2D eigenvalue weighted by atomic mass is 10.0. The molecular weight excluding hydrogens is 412 g/mol. The first-order valence-corrected chi connectivity index (χ1v) is 10.4. The fourth-order valence-corrected chi connectivity index (χ4v) is 3.86. The van der Waals surface area contributed by atoms with Gasteiger partial charge in [-0.25, -0.2) is 4.98 Å². The molecule has 32 heavy (non-hydrogen) atoms. The summed E-state index contributed by atoms with van der Waals surface area (Å²) in [5, 5.41) is 9.00. The van der Waals surface area contributed by atoms with Crippen LogP contribution in [0.3, 0.4) is 0 Å². The van der Waals surface area contributed by atoms with E-state index in [2.05, 4.69) is 30.9 Å². The molecule has 0 radical (unpaired) electrons. The van der Waals surface area contributed by atoms with Crippen LogP contribution in [-0.2, 0) is 32.0 Å². The maximum Gasteiger partial charge on any atom is 0.243 e. The molecule has 1 aliphatic heterocycles. The summed E-state index contributed by atoms with van der Waals surface area (Å²) in [6, 6.07) is 5.32. The molecule has 3 atom stereocenters. The fraction of sp³-hybridized carbons (Fsp3) is 0.318. The summed E-state index contributed by atoms with van der Waals surface area (Å²) in [5.74, 6) is -1.12. The molecule has 166 valence electrons. The van der Waals surface area contributed by atoms with Crippen molar-refractivity contribution >= 4 is 34.9 Å². The molecule has 5 N–H and O–H groups in total. The van der Waals surface area contributed by atoms with Crippen molar-refractivity contribution in [2.45, 2.75) is 43.8 Å². The number of fused-ring (bicyclic) bond motifs is 1. The quantitative estimate of drug-likeness (QED) is 0.302. The van der Waals surface area contributed by atoms with Gasteiger partial charge in [0.1, 0.15) is 18.4 Å². The number of nitrogens with one attached hydrogen (secondary N) is 5. The van der Waals surface area contributed by atoms with Crippen LogP contribution in [0.1, 0.15) is 24.1 Å². The fourth-order valence-electron chi connectivity index (χ4n) is 3.86. The molecule has 0 unspecified atom stereocenters. The van der Waals surface area contributed by atoms with Gasteiger partial charge >= 0.3 is 0 Å². The van der Waals surface area contributed by atoms with Crippen molar-refractivity contribution in [2.75, 3.05) is 0 Å². The van der Waals surface area contributed by atoms with Crippen LogP contribution in [0.2, 0.25) is 0 Å². The third-order valence-corrected chi connectivity index (χ3v) is 5.53. The minimum atomic E-state index is -0.939. The number of hydrogen-bond acceptors (Lipinski definition) is 5. The number of carbonyl (C=O) groups excluding carboxylic acids is 4. The highest BCUT2D eigenvalue weighted by Crippen LogP contribution is 2.19. The number of aromatic amines is 2. The third-order valence-electron chi connectivity index (χ3n) is 5.53. The molecule has 1 fully saturated rings. The SMILES string of the molecule is O=C[C@H](Cc1c[nH]c2ccccc12)NC(=O)[C@H](Cc1cnc[nH]1)NC(=O)[C@@H]1CCC(=O)N1. The number of benzene rings is 1. The Hall–Kier alpha value is -3.95. The second-order valence-corrected chi connectivity index (χ2v) is 7.82. The van der Waals surface area contributed by atoms with E-state index in [4.69, 9.17) is 0 Å². The molecule has 10 heteroatoms. The lowest BCUT2D eigenvalue weighted by Gasteiger charge is -2.22. The van der Waals surface area contributed by atoms with E-state index < -0.39 is 29.9 Å². The molecule has 0 aliphatic carbocycles. The van der Waals surface area contributed by atoms with E-state index in [-0.39, 0.29) is 18.7 Å². The van der Waals surface area contributed by atoms with Gasteiger partial charge in [-0.05, 0) is 18.1 Å². The Morgan fingerprint density at radius 1 is 1.19 bits per heavy atom. The molecular formula is C22H24N6O4. The Morgan fingerprint density at radius 2 is 2.03 bits per heavy atom. The molecule has 0 spiro atoms. The predicted octanol–water partition coefficient (Wildman–Crippen LogP) is 0.123. The van der Waals surface area contributed by atoms with Crippen molar-refractivity contribution in [3.63, 3.8) is 0 Å². The summed E-state index contributed by atoms with van der Waals surface area (Å²) in [5.41, 5.74) is 2.50. The van der Waals surface area contributed by atoms with Gasteiger partial charge in [0.2, 0.25) is 17.7 Å². The zero-order valence-corrected chi connectivity index (χ0v) is 17.3. The largest absolute Gasteiger partial charge is 0.361 e. The number of aldehydes is 1. The maximum absolute atomic E-state index is 13.0. The number of aromatic nitrogens is 3. The van der Waals surface area contributed by atoms with E-state index in [0.29, 0.717) is 24.8 Å². The molecule has 10 nitrogen and oxygen atoms in total. The van der Waals surface area contributed by atoms with Gasteiger partial charge in [0, 0.05) is 48.3 Å².